The number of hydrogen-bond acceptors (Lipinski definition) is 2. The van der Waals surface area contributed by atoms with E-state index in [1.54, 1.807) is 6.07 Å². The lowest BCUT2D eigenvalue weighted by molar-refractivity contribution is -0.114. The van der Waals surface area contributed by atoms with Gasteiger partial charge in [0.15, 0.2) is 0 Å². The number of aryl methyl sites for hydroxylation is 1. The van der Waals surface area contributed by atoms with E-state index in [-0.39, 0.29) is 18.3 Å². The maximum atomic E-state index is 12.8. The van der Waals surface area contributed by atoms with E-state index >= 15 is 0 Å². The van der Waals surface area contributed by atoms with Gasteiger partial charge >= 0.3 is 0 Å². The number of carbonyl (C=O) groups is 1. The van der Waals surface area contributed by atoms with Gasteiger partial charge in [0.2, 0.25) is 5.91 Å². The van der Waals surface area contributed by atoms with Gasteiger partial charge in [0.05, 0.1) is 12.2 Å². The summed E-state index contributed by atoms with van der Waals surface area (Å²) < 4.78 is 13.6. The largest absolute Gasteiger partial charge is 0.375 e. The highest BCUT2D eigenvalue weighted by atomic mass is 79.9. The van der Waals surface area contributed by atoms with Gasteiger partial charge in [0.25, 0.3) is 0 Å². The molecule has 2 rings (SSSR count). The van der Waals surface area contributed by atoms with Crippen molar-refractivity contribution < 1.29 is 9.18 Å². The normalized spacial score (nSPS) is 10.3. The number of amides is 1. The number of halogens is 3. The van der Waals surface area contributed by atoms with E-state index in [1.165, 1.54) is 24.3 Å². The molecule has 0 radical (unpaired) electrons. The molecular formula is C15H13BrClFN2O. The second-order valence-electron chi connectivity index (χ2n) is 4.49. The molecule has 0 atom stereocenters. The molecule has 0 bridgehead atoms. The molecular weight excluding hydrogens is 359 g/mol. The molecule has 0 saturated carbocycles. The minimum atomic E-state index is -0.343. The zero-order valence-electron chi connectivity index (χ0n) is 11.2. The Kier molecular flexibility index (Phi) is 5.20. The Morgan fingerprint density at radius 1 is 1.29 bits per heavy atom. The molecule has 21 heavy (non-hydrogen) atoms. The van der Waals surface area contributed by atoms with E-state index in [4.69, 9.17) is 11.6 Å². The van der Waals surface area contributed by atoms with Gasteiger partial charge in [0, 0.05) is 15.2 Å². The van der Waals surface area contributed by atoms with E-state index in [0.29, 0.717) is 10.7 Å². The van der Waals surface area contributed by atoms with Crippen LogP contribution < -0.4 is 10.6 Å². The van der Waals surface area contributed by atoms with E-state index in [9.17, 15) is 9.18 Å². The van der Waals surface area contributed by atoms with Crippen LogP contribution in [-0.4, -0.2) is 12.5 Å². The third kappa shape index (κ3) is 4.44. The molecule has 6 heteroatoms. The van der Waals surface area contributed by atoms with Gasteiger partial charge in [-0.2, -0.15) is 0 Å². The van der Waals surface area contributed by atoms with Crippen molar-refractivity contribution >= 4 is 44.8 Å². The van der Waals surface area contributed by atoms with Crippen molar-refractivity contribution in [2.24, 2.45) is 0 Å². The molecule has 110 valence electrons. The van der Waals surface area contributed by atoms with Crippen LogP contribution in [0.3, 0.4) is 0 Å². The Hall–Kier alpha value is -1.59. The molecule has 0 unspecified atom stereocenters. The van der Waals surface area contributed by atoms with Crippen LogP contribution in [0.2, 0.25) is 5.02 Å². The highest BCUT2D eigenvalue weighted by Crippen LogP contribution is 2.28. The molecule has 0 saturated heterocycles. The molecule has 0 aromatic heterocycles. The van der Waals surface area contributed by atoms with Crippen LogP contribution in [-0.2, 0) is 4.79 Å². The predicted octanol–water partition coefficient (Wildman–Crippen LogP) is 4.60. The fraction of sp³-hybridized carbons (Fsp3) is 0.133. The van der Waals surface area contributed by atoms with Gasteiger partial charge in [0.1, 0.15) is 5.82 Å². The predicted molar refractivity (Wildman–Crippen MR) is 87.4 cm³/mol. The Labute approximate surface area is 135 Å². The molecule has 0 aliphatic rings. The lowest BCUT2D eigenvalue weighted by Crippen LogP contribution is -2.21. The van der Waals surface area contributed by atoms with Crippen LogP contribution in [0, 0.1) is 12.7 Å². The Morgan fingerprint density at radius 2 is 1.95 bits per heavy atom. The first-order valence-corrected chi connectivity index (χ1v) is 7.38. The molecule has 0 aliphatic carbocycles. The number of benzene rings is 2. The quantitative estimate of drug-likeness (QED) is 0.824. The lowest BCUT2D eigenvalue weighted by atomic mass is 10.2. The van der Waals surface area contributed by atoms with Crippen LogP contribution in [0.1, 0.15) is 5.56 Å². The number of anilines is 2. The molecule has 2 aromatic carbocycles. The minimum Gasteiger partial charge on any atom is -0.375 e. The van der Waals surface area contributed by atoms with E-state index < -0.39 is 0 Å². The second kappa shape index (κ2) is 6.91. The third-order valence-corrected chi connectivity index (χ3v) is 3.88. The maximum Gasteiger partial charge on any atom is 0.243 e. The van der Waals surface area contributed by atoms with Crippen LogP contribution in [0.25, 0.3) is 0 Å². The fourth-order valence-corrected chi connectivity index (χ4v) is 2.46. The topological polar surface area (TPSA) is 41.1 Å². The van der Waals surface area contributed by atoms with Crippen molar-refractivity contribution in [1.29, 1.82) is 0 Å². The summed E-state index contributed by atoms with van der Waals surface area (Å²) in [5.74, 6) is -0.574. The molecule has 1 amide bonds. The van der Waals surface area contributed by atoms with Gasteiger partial charge in [-0.3, -0.25) is 4.79 Å². The SMILES string of the molecule is Cc1cc(Br)c(NCC(=O)Nc2ccc(F)cc2)cc1Cl. The number of carbonyl (C=O) groups excluding carboxylic acids is 1. The lowest BCUT2D eigenvalue weighted by Gasteiger charge is -2.11. The molecule has 2 N–H and O–H groups in total. The van der Waals surface area contributed by atoms with Crippen molar-refractivity contribution in [2.75, 3.05) is 17.2 Å². The smallest absolute Gasteiger partial charge is 0.243 e. The van der Waals surface area contributed by atoms with Gasteiger partial charge in [-0.15, -0.1) is 0 Å². The Morgan fingerprint density at radius 3 is 2.62 bits per heavy atom. The fourth-order valence-electron chi connectivity index (χ4n) is 1.70. The molecule has 0 aliphatic heterocycles. The molecule has 2 aromatic rings. The maximum absolute atomic E-state index is 12.8. The summed E-state index contributed by atoms with van der Waals surface area (Å²) in [4.78, 5) is 11.8. The number of rotatable bonds is 4. The van der Waals surface area contributed by atoms with Crippen LogP contribution in [0.4, 0.5) is 15.8 Å². The van der Waals surface area contributed by atoms with Gasteiger partial charge < -0.3 is 10.6 Å². The monoisotopic (exact) mass is 370 g/mol. The first kappa shape index (κ1) is 15.8. The Balaban J connectivity index is 1.95. The van der Waals surface area contributed by atoms with Gasteiger partial charge in [-0.05, 0) is 64.8 Å². The standard InChI is InChI=1S/C15H13BrClFN2O/c1-9-6-12(16)14(7-13(9)17)19-8-15(21)20-11-4-2-10(18)3-5-11/h2-7,19H,8H2,1H3,(H,20,21). The first-order chi connectivity index (χ1) is 9.95. The van der Waals surface area contributed by atoms with Crippen LogP contribution in [0.5, 0.6) is 0 Å². The Bertz CT molecular complexity index is 661. The summed E-state index contributed by atoms with van der Waals surface area (Å²) in [6.45, 7) is 1.98. The van der Waals surface area contributed by atoms with E-state index in [0.717, 1.165) is 15.7 Å². The minimum absolute atomic E-state index is 0.0787. The summed E-state index contributed by atoms with van der Waals surface area (Å²) in [5.41, 5.74) is 2.23. The van der Waals surface area contributed by atoms with Crippen molar-refractivity contribution in [3.05, 3.63) is 57.3 Å². The zero-order valence-corrected chi connectivity index (χ0v) is 13.6. The zero-order chi connectivity index (χ0) is 15.4. The molecule has 0 fully saturated rings. The van der Waals surface area contributed by atoms with E-state index in [2.05, 4.69) is 26.6 Å². The van der Waals surface area contributed by atoms with Gasteiger partial charge in [-0.25, -0.2) is 4.39 Å². The van der Waals surface area contributed by atoms with Crippen molar-refractivity contribution in [1.82, 2.24) is 0 Å². The highest BCUT2D eigenvalue weighted by molar-refractivity contribution is 9.10. The number of nitrogens with one attached hydrogen (secondary N) is 2. The van der Waals surface area contributed by atoms with Crippen molar-refractivity contribution in [3.8, 4) is 0 Å². The second-order valence-corrected chi connectivity index (χ2v) is 5.75. The molecule has 0 spiro atoms. The summed E-state index contributed by atoms with van der Waals surface area (Å²) in [7, 11) is 0. The average Bonchev–Trinajstić information content (AvgIpc) is 2.44. The number of hydrogen-bond donors (Lipinski definition) is 2. The summed E-state index contributed by atoms with van der Waals surface area (Å²) in [6.07, 6.45) is 0. The summed E-state index contributed by atoms with van der Waals surface area (Å²) in [5, 5.41) is 6.29. The van der Waals surface area contributed by atoms with E-state index in [1.807, 2.05) is 13.0 Å². The first-order valence-electron chi connectivity index (χ1n) is 6.20. The molecule has 3 nitrogen and oxygen atoms in total. The summed E-state index contributed by atoms with van der Waals surface area (Å²) in [6, 6.07) is 9.23. The van der Waals surface area contributed by atoms with Gasteiger partial charge in [-0.1, -0.05) is 11.6 Å². The summed E-state index contributed by atoms with van der Waals surface area (Å²) >= 11 is 9.46. The van der Waals surface area contributed by atoms with Crippen LogP contribution in [0.15, 0.2) is 40.9 Å². The average molecular weight is 372 g/mol. The third-order valence-electron chi connectivity index (χ3n) is 2.82. The molecule has 0 heterocycles. The van der Waals surface area contributed by atoms with Crippen molar-refractivity contribution in [3.63, 3.8) is 0 Å². The highest BCUT2D eigenvalue weighted by Gasteiger charge is 2.07. The van der Waals surface area contributed by atoms with Crippen molar-refractivity contribution in [2.45, 2.75) is 6.92 Å². The van der Waals surface area contributed by atoms with Crippen LogP contribution >= 0.6 is 27.5 Å².